The first kappa shape index (κ1) is 50.0. The number of hydrogen-bond donors (Lipinski definition) is 2. The summed E-state index contributed by atoms with van der Waals surface area (Å²) in [7, 11) is 1.02. The standard InChI is InChI=1S/C42H50N2O18/c1-8-17-54-18-19-55-20-21-57-42(41(52)53-7)22-34(59-27(4)47)37(44-36(50)24-56-25(2)45)39(62-42)38(61-29(6)49)35(60-28(5)48)23-43-40(51)32-11-9-30(10-12-32)31-13-15-33(16-14-31)58-26(3)46/h1,9-16,34-35,37-39H,17-24H2,2-7H3,(H,43,51)(H,44,50)/t34-,35+,37+,38+,39+,42+/m0/s1. The van der Waals surface area contributed by atoms with Gasteiger partial charge in [0, 0.05) is 40.2 Å². The lowest BCUT2D eigenvalue weighted by molar-refractivity contribution is -0.315. The third-order valence-electron chi connectivity index (χ3n) is 8.59. The molecule has 0 spiro atoms. The molecule has 3 rings (SSSR count). The maximum Gasteiger partial charge on any atom is 0.366 e. The highest BCUT2D eigenvalue weighted by molar-refractivity contribution is 5.94. The number of carbonyl (C=O) groups is 8. The van der Waals surface area contributed by atoms with Crippen LogP contribution >= 0.6 is 0 Å². The lowest BCUT2D eigenvalue weighted by Gasteiger charge is -2.48. The van der Waals surface area contributed by atoms with Crippen molar-refractivity contribution in [3.05, 3.63) is 54.1 Å². The first-order valence-electron chi connectivity index (χ1n) is 19.1. The Morgan fingerprint density at radius 3 is 1.97 bits per heavy atom. The fraction of sp³-hybridized carbons (Fsp3) is 0.476. The van der Waals surface area contributed by atoms with Gasteiger partial charge in [0.25, 0.3) is 17.6 Å². The molecule has 0 aliphatic carbocycles. The zero-order chi connectivity index (χ0) is 45.8. The fourth-order valence-electron chi connectivity index (χ4n) is 6.14. The van der Waals surface area contributed by atoms with E-state index in [0.717, 1.165) is 45.9 Å². The molecule has 2 N–H and O–H groups in total. The van der Waals surface area contributed by atoms with E-state index in [2.05, 4.69) is 16.6 Å². The lowest BCUT2D eigenvalue weighted by Crippen LogP contribution is -2.70. The van der Waals surface area contributed by atoms with Crippen molar-refractivity contribution in [1.82, 2.24) is 10.6 Å². The molecular weight excluding hydrogens is 820 g/mol. The number of esters is 6. The highest BCUT2D eigenvalue weighted by Gasteiger charge is 2.59. The lowest BCUT2D eigenvalue weighted by atomic mass is 9.87. The van der Waals surface area contributed by atoms with Crippen molar-refractivity contribution in [3.8, 4) is 29.2 Å². The third kappa shape index (κ3) is 15.9. The predicted octanol–water partition coefficient (Wildman–Crippen LogP) is 1.19. The van der Waals surface area contributed by atoms with Crippen LogP contribution in [-0.4, -0.2) is 137 Å². The van der Waals surface area contributed by atoms with Gasteiger partial charge in [-0.1, -0.05) is 30.2 Å². The average Bonchev–Trinajstić information content (AvgIpc) is 3.21. The Morgan fingerprint density at radius 2 is 1.40 bits per heavy atom. The molecule has 20 nitrogen and oxygen atoms in total. The summed E-state index contributed by atoms with van der Waals surface area (Å²) in [6.07, 6.45) is -2.19. The Kier molecular flexibility index (Phi) is 19.9. The molecule has 2 aromatic rings. The smallest absolute Gasteiger partial charge is 0.366 e. The van der Waals surface area contributed by atoms with E-state index in [1.165, 1.54) is 19.1 Å². The third-order valence-corrected chi connectivity index (χ3v) is 8.59. The van der Waals surface area contributed by atoms with Crippen LogP contribution in [0.4, 0.5) is 0 Å². The largest absolute Gasteiger partial charge is 0.465 e. The summed E-state index contributed by atoms with van der Waals surface area (Å²) in [5, 5.41) is 5.17. The molecule has 0 unspecified atom stereocenters. The van der Waals surface area contributed by atoms with Gasteiger partial charge in [0.05, 0.1) is 52.5 Å². The maximum absolute atomic E-state index is 13.6. The fourth-order valence-corrected chi connectivity index (χ4v) is 6.14. The maximum atomic E-state index is 13.6. The number of ether oxygens (including phenoxy) is 10. The van der Waals surface area contributed by atoms with Gasteiger partial charge < -0.3 is 58.0 Å². The van der Waals surface area contributed by atoms with Crippen LogP contribution in [-0.2, 0) is 76.2 Å². The highest BCUT2D eigenvalue weighted by Crippen LogP contribution is 2.37. The van der Waals surface area contributed by atoms with Gasteiger partial charge in [0.15, 0.2) is 18.8 Å². The number of carbonyl (C=O) groups excluding carboxylic acids is 8. The minimum absolute atomic E-state index is 0.0584. The molecule has 6 atom stereocenters. The Balaban J connectivity index is 2.02. The van der Waals surface area contributed by atoms with Crippen molar-refractivity contribution in [2.45, 2.75) is 77.3 Å². The van der Waals surface area contributed by atoms with Gasteiger partial charge in [0.1, 0.15) is 24.6 Å². The molecule has 336 valence electrons. The molecule has 1 aliphatic rings. The SMILES string of the molecule is C#CCOCCOCCO[C@]1(C(=O)OC)C[C@H](OC(C)=O)[C@@H](NC(=O)COC(C)=O)[C@H]([C@H](OC(C)=O)[C@@H](CNC(=O)c2ccc(-c3ccc(OC(C)=O)cc3)cc2)OC(C)=O)O1. The summed E-state index contributed by atoms with van der Waals surface area (Å²) in [5.74, 6) is -6.57. The van der Waals surface area contributed by atoms with E-state index in [1.54, 1.807) is 36.4 Å². The Morgan fingerprint density at radius 1 is 0.790 bits per heavy atom. The van der Waals surface area contributed by atoms with Crippen LogP contribution in [0.15, 0.2) is 48.5 Å². The number of hydrogen-bond acceptors (Lipinski definition) is 18. The van der Waals surface area contributed by atoms with Gasteiger partial charge in [-0.25, -0.2) is 4.79 Å². The zero-order valence-electron chi connectivity index (χ0n) is 35.1. The number of terminal acetylenes is 1. The second-order valence-corrected chi connectivity index (χ2v) is 13.4. The van der Waals surface area contributed by atoms with Crippen molar-refractivity contribution >= 4 is 47.6 Å². The van der Waals surface area contributed by atoms with Crippen molar-refractivity contribution in [3.63, 3.8) is 0 Å². The van der Waals surface area contributed by atoms with Crippen LogP contribution in [0.1, 0.15) is 51.4 Å². The number of amides is 2. The molecular formula is C42H50N2O18. The Labute approximate surface area is 357 Å². The second-order valence-electron chi connectivity index (χ2n) is 13.4. The molecule has 20 heteroatoms. The van der Waals surface area contributed by atoms with E-state index in [4.69, 9.17) is 53.8 Å². The van der Waals surface area contributed by atoms with Crippen molar-refractivity contribution < 1.29 is 85.7 Å². The van der Waals surface area contributed by atoms with E-state index in [9.17, 15) is 38.4 Å². The molecule has 0 radical (unpaired) electrons. The number of benzene rings is 2. The zero-order valence-corrected chi connectivity index (χ0v) is 35.1. The van der Waals surface area contributed by atoms with E-state index in [0.29, 0.717) is 5.75 Å². The van der Waals surface area contributed by atoms with Crippen molar-refractivity contribution in [2.75, 3.05) is 53.3 Å². The minimum Gasteiger partial charge on any atom is -0.465 e. The van der Waals surface area contributed by atoms with Crippen molar-refractivity contribution in [1.29, 1.82) is 0 Å². The quantitative estimate of drug-likeness (QED) is 0.0554. The minimum atomic E-state index is -2.45. The van der Waals surface area contributed by atoms with E-state index < -0.39 is 103 Å². The summed E-state index contributed by atoms with van der Waals surface area (Å²) in [6.45, 7) is 3.90. The van der Waals surface area contributed by atoms with Gasteiger partial charge in [-0.05, 0) is 35.4 Å². The summed E-state index contributed by atoms with van der Waals surface area (Å²) in [4.78, 5) is 101. The van der Waals surface area contributed by atoms with E-state index >= 15 is 0 Å². The highest BCUT2D eigenvalue weighted by atomic mass is 16.7. The van der Waals surface area contributed by atoms with Crippen LogP contribution in [0.5, 0.6) is 5.75 Å². The van der Waals surface area contributed by atoms with Crippen LogP contribution in [0.2, 0.25) is 0 Å². The molecule has 1 saturated heterocycles. The van der Waals surface area contributed by atoms with Crippen LogP contribution in [0.25, 0.3) is 11.1 Å². The monoisotopic (exact) mass is 870 g/mol. The predicted molar refractivity (Wildman–Crippen MR) is 211 cm³/mol. The molecule has 1 aliphatic heterocycles. The molecule has 62 heavy (non-hydrogen) atoms. The summed E-state index contributed by atoms with van der Waals surface area (Å²) in [6, 6.07) is 11.5. The van der Waals surface area contributed by atoms with E-state index in [-0.39, 0.29) is 38.6 Å². The Bertz CT molecular complexity index is 1930. The van der Waals surface area contributed by atoms with Gasteiger partial charge in [-0.3, -0.25) is 33.6 Å². The van der Waals surface area contributed by atoms with Gasteiger partial charge in [-0.15, -0.1) is 6.42 Å². The molecule has 1 heterocycles. The topological polar surface area (TPSA) is 253 Å². The number of methoxy groups -OCH3 is 1. The van der Waals surface area contributed by atoms with E-state index in [1.807, 2.05) is 0 Å². The molecule has 2 amide bonds. The second kappa shape index (κ2) is 24.8. The van der Waals surface area contributed by atoms with Gasteiger partial charge in [-0.2, -0.15) is 0 Å². The molecule has 0 saturated carbocycles. The summed E-state index contributed by atoms with van der Waals surface area (Å²) < 4.78 is 54.8. The first-order chi connectivity index (χ1) is 29.5. The molecule has 2 aromatic carbocycles. The summed E-state index contributed by atoms with van der Waals surface area (Å²) >= 11 is 0. The van der Waals surface area contributed by atoms with Crippen molar-refractivity contribution in [2.24, 2.45) is 0 Å². The summed E-state index contributed by atoms with van der Waals surface area (Å²) in [5.41, 5.74) is 1.64. The van der Waals surface area contributed by atoms with Gasteiger partial charge >= 0.3 is 35.8 Å². The molecule has 0 aromatic heterocycles. The number of rotatable bonds is 22. The van der Waals surface area contributed by atoms with Crippen LogP contribution < -0.4 is 15.4 Å². The van der Waals surface area contributed by atoms with Crippen LogP contribution in [0, 0.1) is 12.3 Å². The van der Waals surface area contributed by atoms with Gasteiger partial charge in [0.2, 0.25) is 0 Å². The Hall–Kier alpha value is -6.40. The molecule has 0 bridgehead atoms. The normalized spacial score (nSPS) is 19.0. The molecule has 1 fully saturated rings. The number of nitrogens with one attached hydrogen (secondary N) is 2. The average molecular weight is 871 g/mol. The first-order valence-corrected chi connectivity index (χ1v) is 19.1. The van der Waals surface area contributed by atoms with Crippen LogP contribution in [0.3, 0.4) is 0 Å².